The lowest BCUT2D eigenvalue weighted by Gasteiger charge is -2.10. The number of rotatable bonds is 6. The van der Waals surface area contributed by atoms with Gasteiger partial charge in [0.15, 0.2) is 0 Å². The molecule has 0 saturated heterocycles. The Morgan fingerprint density at radius 3 is 1.95 bits per heavy atom. The van der Waals surface area contributed by atoms with Gasteiger partial charge >= 0.3 is 0 Å². The molecule has 1 aromatic rings. The highest BCUT2D eigenvalue weighted by atomic mass is 16.2. The minimum absolute atomic E-state index is 0.0348. The number of benzene rings is 1. The Morgan fingerprint density at radius 1 is 1.05 bits per heavy atom. The molecule has 104 valence electrons. The van der Waals surface area contributed by atoms with Gasteiger partial charge in [-0.1, -0.05) is 0 Å². The quantitative estimate of drug-likeness (QED) is 0.697. The lowest BCUT2D eigenvalue weighted by Crippen LogP contribution is -2.22. The fourth-order valence-corrected chi connectivity index (χ4v) is 1.40. The minimum Gasteiger partial charge on any atom is -0.326 e. The first kappa shape index (κ1) is 15.1. The fraction of sp³-hybridized carbons (Fsp3) is 0.385. The van der Waals surface area contributed by atoms with Gasteiger partial charge in [-0.05, 0) is 38.4 Å². The molecule has 6 nitrogen and oxygen atoms in total. The van der Waals surface area contributed by atoms with Crippen LogP contribution in [0, 0.1) is 0 Å². The number of hydrogen-bond donors (Lipinski definition) is 3. The fourth-order valence-electron chi connectivity index (χ4n) is 1.40. The third kappa shape index (κ3) is 5.98. The summed E-state index contributed by atoms with van der Waals surface area (Å²) in [6.45, 7) is 0.652. The van der Waals surface area contributed by atoms with Crippen molar-refractivity contribution in [3.05, 3.63) is 24.3 Å². The summed E-state index contributed by atoms with van der Waals surface area (Å²) < 4.78 is 0. The number of hydrogen-bond acceptors (Lipinski definition) is 4. The molecule has 1 rings (SSSR count). The van der Waals surface area contributed by atoms with Crippen molar-refractivity contribution in [2.45, 2.75) is 6.42 Å². The third-order valence-corrected chi connectivity index (χ3v) is 2.42. The number of anilines is 2. The summed E-state index contributed by atoms with van der Waals surface area (Å²) in [7, 11) is 3.84. The molecule has 0 bridgehead atoms. The van der Waals surface area contributed by atoms with Crippen LogP contribution in [0.3, 0.4) is 0 Å². The Hall–Kier alpha value is -1.92. The number of nitrogens with two attached hydrogens (primary N) is 1. The zero-order valence-electron chi connectivity index (χ0n) is 11.3. The Kier molecular flexibility index (Phi) is 5.98. The summed E-state index contributed by atoms with van der Waals surface area (Å²) in [6, 6.07) is 6.91. The predicted molar refractivity (Wildman–Crippen MR) is 75.9 cm³/mol. The van der Waals surface area contributed by atoms with Crippen LogP contribution in [0.15, 0.2) is 24.3 Å². The third-order valence-electron chi connectivity index (χ3n) is 2.42. The molecule has 0 aliphatic rings. The molecule has 19 heavy (non-hydrogen) atoms. The topological polar surface area (TPSA) is 87.5 Å². The van der Waals surface area contributed by atoms with Crippen molar-refractivity contribution >= 4 is 23.2 Å². The van der Waals surface area contributed by atoms with Gasteiger partial charge in [0.1, 0.15) is 0 Å². The van der Waals surface area contributed by atoms with Gasteiger partial charge in [0.05, 0.1) is 6.54 Å². The average molecular weight is 264 g/mol. The first-order valence-electron chi connectivity index (χ1n) is 6.06. The van der Waals surface area contributed by atoms with Crippen molar-refractivity contribution in [3.8, 4) is 0 Å². The second-order valence-electron chi connectivity index (χ2n) is 4.43. The summed E-state index contributed by atoms with van der Waals surface area (Å²) >= 11 is 0. The molecule has 0 saturated carbocycles. The van der Waals surface area contributed by atoms with Gasteiger partial charge in [0.2, 0.25) is 11.8 Å². The first-order chi connectivity index (χ1) is 9.01. The summed E-state index contributed by atoms with van der Waals surface area (Å²) in [5.74, 6) is -0.282. The Labute approximate surface area is 113 Å². The van der Waals surface area contributed by atoms with Crippen LogP contribution in [-0.2, 0) is 9.59 Å². The van der Waals surface area contributed by atoms with Crippen molar-refractivity contribution in [1.29, 1.82) is 0 Å². The lowest BCUT2D eigenvalue weighted by atomic mass is 10.2. The van der Waals surface area contributed by atoms with E-state index >= 15 is 0 Å². The van der Waals surface area contributed by atoms with Gasteiger partial charge < -0.3 is 21.3 Å². The Balaban J connectivity index is 2.47. The Morgan fingerprint density at radius 2 is 1.53 bits per heavy atom. The summed E-state index contributed by atoms with van der Waals surface area (Å²) in [6.07, 6.45) is 0.443. The minimum atomic E-state index is -0.247. The highest BCUT2D eigenvalue weighted by Crippen LogP contribution is 2.13. The maximum absolute atomic E-state index is 11.6. The van der Waals surface area contributed by atoms with Crippen LogP contribution in [-0.4, -0.2) is 43.9 Å². The zero-order chi connectivity index (χ0) is 14.3. The van der Waals surface area contributed by atoms with Crippen LogP contribution in [0.25, 0.3) is 0 Å². The standard InChI is InChI=1S/C13H20N4O2/c1-17(2)8-7-12(18)15-10-3-5-11(6-4-10)16-13(19)9-14/h3-6H,7-9,14H2,1-2H3,(H,15,18)(H,16,19). The predicted octanol–water partition coefficient (Wildman–Crippen LogP) is 0.474. The van der Waals surface area contributed by atoms with Crippen molar-refractivity contribution in [2.75, 3.05) is 37.8 Å². The lowest BCUT2D eigenvalue weighted by molar-refractivity contribution is -0.116. The van der Waals surface area contributed by atoms with Crippen LogP contribution in [0.5, 0.6) is 0 Å². The SMILES string of the molecule is CN(C)CCC(=O)Nc1ccc(NC(=O)CN)cc1. The van der Waals surface area contributed by atoms with Gasteiger partial charge in [-0.2, -0.15) is 0 Å². The van der Waals surface area contributed by atoms with Crippen molar-refractivity contribution in [1.82, 2.24) is 4.90 Å². The van der Waals surface area contributed by atoms with Crippen LogP contribution in [0.1, 0.15) is 6.42 Å². The van der Waals surface area contributed by atoms with E-state index in [1.165, 1.54) is 0 Å². The molecule has 6 heteroatoms. The van der Waals surface area contributed by atoms with E-state index < -0.39 is 0 Å². The molecule has 0 aliphatic heterocycles. The number of nitrogens with one attached hydrogen (secondary N) is 2. The van der Waals surface area contributed by atoms with E-state index in [9.17, 15) is 9.59 Å². The van der Waals surface area contributed by atoms with Gasteiger partial charge in [0.25, 0.3) is 0 Å². The molecule has 4 N–H and O–H groups in total. The van der Waals surface area contributed by atoms with E-state index in [0.717, 1.165) is 0 Å². The van der Waals surface area contributed by atoms with Crippen LogP contribution >= 0.6 is 0 Å². The molecule has 0 aromatic heterocycles. The molecule has 0 heterocycles. The van der Waals surface area contributed by atoms with E-state index in [2.05, 4.69) is 10.6 Å². The zero-order valence-corrected chi connectivity index (χ0v) is 11.3. The first-order valence-corrected chi connectivity index (χ1v) is 6.06. The summed E-state index contributed by atoms with van der Waals surface area (Å²) in [4.78, 5) is 24.6. The highest BCUT2D eigenvalue weighted by Gasteiger charge is 2.04. The van der Waals surface area contributed by atoms with Crippen molar-refractivity contribution in [2.24, 2.45) is 5.73 Å². The van der Waals surface area contributed by atoms with Gasteiger partial charge in [-0.15, -0.1) is 0 Å². The maximum Gasteiger partial charge on any atom is 0.238 e. The van der Waals surface area contributed by atoms with Crippen LogP contribution in [0.4, 0.5) is 11.4 Å². The van der Waals surface area contributed by atoms with Crippen LogP contribution in [0.2, 0.25) is 0 Å². The highest BCUT2D eigenvalue weighted by molar-refractivity contribution is 5.93. The number of amides is 2. The normalized spacial score (nSPS) is 10.3. The van der Waals surface area contributed by atoms with E-state index in [4.69, 9.17) is 5.73 Å². The largest absolute Gasteiger partial charge is 0.326 e. The molecule has 0 aliphatic carbocycles. The van der Waals surface area contributed by atoms with Crippen LogP contribution < -0.4 is 16.4 Å². The molecule has 0 fully saturated rings. The van der Waals surface area contributed by atoms with Gasteiger partial charge in [-0.25, -0.2) is 0 Å². The summed E-state index contributed by atoms with van der Waals surface area (Å²) in [5.41, 5.74) is 6.56. The van der Waals surface area contributed by atoms with E-state index in [1.54, 1.807) is 24.3 Å². The van der Waals surface area contributed by atoms with E-state index in [-0.39, 0.29) is 18.4 Å². The second kappa shape index (κ2) is 7.50. The van der Waals surface area contributed by atoms with E-state index in [1.807, 2.05) is 19.0 Å². The molecule has 1 aromatic carbocycles. The smallest absolute Gasteiger partial charge is 0.238 e. The van der Waals surface area contributed by atoms with Crippen molar-refractivity contribution in [3.63, 3.8) is 0 Å². The van der Waals surface area contributed by atoms with Crippen molar-refractivity contribution < 1.29 is 9.59 Å². The molecular formula is C13H20N4O2. The number of carbonyl (C=O) groups excluding carboxylic acids is 2. The molecular weight excluding hydrogens is 244 g/mol. The average Bonchev–Trinajstić information content (AvgIpc) is 2.38. The van der Waals surface area contributed by atoms with Gasteiger partial charge in [-0.3, -0.25) is 9.59 Å². The monoisotopic (exact) mass is 264 g/mol. The summed E-state index contributed by atoms with van der Waals surface area (Å²) in [5, 5.41) is 5.42. The van der Waals surface area contributed by atoms with E-state index in [0.29, 0.717) is 24.3 Å². The second-order valence-corrected chi connectivity index (χ2v) is 4.43. The molecule has 0 radical (unpaired) electrons. The van der Waals surface area contributed by atoms with Gasteiger partial charge in [0, 0.05) is 24.3 Å². The number of nitrogens with zero attached hydrogens (tertiary/aromatic N) is 1. The Bertz CT molecular complexity index is 429. The molecule has 0 atom stereocenters. The molecule has 2 amide bonds. The molecule has 0 spiro atoms. The maximum atomic E-state index is 11.6. The number of carbonyl (C=O) groups is 2. The molecule has 0 unspecified atom stereocenters.